The number of esters is 2. The summed E-state index contributed by atoms with van der Waals surface area (Å²) in [7, 11) is 4.70. The molecule has 0 radical (unpaired) electrons. The van der Waals surface area contributed by atoms with E-state index >= 15 is 0 Å². The molecule has 5 N–H and O–H groups in total. The van der Waals surface area contributed by atoms with E-state index in [1.165, 1.54) is 19.9 Å². The van der Waals surface area contributed by atoms with Crippen molar-refractivity contribution in [2.45, 2.75) is 123 Å². The zero-order valence-electron chi connectivity index (χ0n) is 61.7. The van der Waals surface area contributed by atoms with Crippen LogP contribution in [0.3, 0.4) is 0 Å². The van der Waals surface area contributed by atoms with Gasteiger partial charge in [0.1, 0.15) is 80.0 Å². The van der Waals surface area contributed by atoms with Gasteiger partial charge in [0.25, 0.3) is 0 Å². The first-order valence-electron chi connectivity index (χ1n) is 34.9. The quantitative estimate of drug-likeness (QED) is 0.0293. The van der Waals surface area contributed by atoms with Crippen LogP contribution in [0.1, 0.15) is 93.9 Å². The van der Waals surface area contributed by atoms with Crippen molar-refractivity contribution in [2.75, 3.05) is 76.5 Å². The molecular formula is C77H89N15O15. The molecule has 0 unspecified atom stereocenters. The van der Waals surface area contributed by atoms with Gasteiger partial charge < -0.3 is 83.5 Å². The third-order valence-electron chi connectivity index (χ3n) is 16.2. The first-order valence-corrected chi connectivity index (χ1v) is 34.9. The van der Waals surface area contributed by atoms with Crippen molar-refractivity contribution >= 4 is 41.2 Å². The molecule has 0 aliphatic carbocycles. The Morgan fingerprint density at radius 2 is 0.841 bits per heavy atom. The summed E-state index contributed by atoms with van der Waals surface area (Å²) in [6.07, 6.45) is 19.8. The van der Waals surface area contributed by atoms with E-state index in [0.29, 0.717) is 135 Å². The van der Waals surface area contributed by atoms with E-state index in [9.17, 15) is 24.3 Å². The first-order chi connectivity index (χ1) is 51.4. The minimum absolute atomic E-state index is 0.0456. The predicted molar refractivity (Wildman–Crippen MR) is 398 cm³/mol. The lowest BCUT2D eigenvalue weighted by Gasteiger charge is -2.29. The number of likely N-dealkylation sites (tertiary alicyclic amines) is 2. The van der Waals surface area contributed by atoms with Crippen LogP contribution in [0.5, 0.6) is 69.4 Å². The van der Waals surface area contributed by atoms with Crippen LogP contribution < -0.4 is 59.2 Å². The number of aromatic hydroxyl groups is 1. The van der Waals surface area contributed by atoms with Gasteiger partial charge in [0.05, 0.1) is 70.6 Å². The standard InChI is InChI=1S/C28H33N5O6.C26H31N5O5.C23H25N5O4/c1-18(34)37-21-9-6-10-22(13-21)38-26-24(17-31-25(32-26)19-12-23(36-5)16-29-14-19)30-15-20-8-7-11-33(20)27(35)39-28(2,3)4;1-26(2,3)36-25(33)31-10-6-7-18(31)14-28-22-16-29-23(17-11-21(34-4)15-27-13-17)30-24(22)35-20-9-5-8-19(32)12-20;1-15(29)31-18-6-3-7-19(10-18)32-23-21(26-12-17-5-4-8-25-17)14-27-22(28-23)16-9-20(30-2)13-24-11-16/h6,9-10,12-14,16-17,20,30H,7-8,11,15H2,1-5H3;5,8-9,11-13,15-16,18,28,32H,6-7,10,14H2,1-4H3;3,6-7,9-11,13-14,17,25-26H,4-5,8,12H2,1-2H3/t20-;18-;17-/m000/s1. The van der Waals surface area contributed by atoms with Gasteiger partial charge in [-0.25, -0.2) is 24.5 Å². The second kappa shape index (κ2) is 36.5. The van der Waals surface area contributed by atoms with E-state index in [-0.39, 0.29) is 41.8 Å². The molecule has 3 fully saturated rings. The number of anilines is 3. The van der Waals surface area contributed by atoms with Crippen LogP contribution in [0.25, 0.3) is 34.2 Å². The molecule has 3 aromatic carbocycles. The molecule has 9 aromatic rings. The zero-order chi connectivity index (χ0) is 76.0. The molecule has 3 atom stereocenters. The molecule has 30 nitrogen and oxygen atoms in total. The van der Waals surface area contributed by atoms with Crippen molar-refractivity contribution < 1.29 is 71.7 Å². The number of hydrogen-bond acceptors (Lipinski definition) is 28. The minimum Gasteiger partial charge on any atom is -0.508 e. The van der Waals surface area contributed by atoms with E-state index in [4.69, 9.17) is 47.4 Å². The van der Waals surface area contributed by atoms with Gasteiger partial charge >= 0.3 is 24.1 Å². The number of carbonyl (C=O) groups is 4. The number of benzene rings is 3. The minimum atomic E-state index is -0.571. The lowest BCUT2D eigenvalue weighted by molar-refractivity contribution is -0.132. The average molecular weight is 1460 g/mol. The summed E-state index contributed by atoms with van der Waals surface area (Å²) < 4.78 is 55.6. The number of rotatable bonds is 23. The second-order valence-corrected chi connectivity index (χ2v) is 26.9. The number of methoxy groups -OCH3 is 3. The molecule has 12 rings (SSSR count). The lowest BCUT2D eigenvalue weighted by atomic mass is 10.2. The molecule has 562 valence electrons. The SMILES string of the molecule is COc1cncc(-c2ncc(NC[C@@H]3CCCN3)c(Oc3cccc(OC(C)=O)c3)n2)c1.COc1cncc(-c2ncc(NC[C@@H]3CCCN3C(=O)OC(C)(C)C)c(Oc3cccc(O)c3)n2)c1.COc1cncc(-c2ncc(NC[C@@H]3CCCN3C(=O)OC(C)(C)C)c(Oc3cccc(OC(C)=O)c3)n2)c1. The van der Waals surface area contributed by atoms with Gasteiger partial charge in [-0.15, -0.1) is 0 Å². The molecule has 3 saturated heterocycles. The van der Waals surface area contributed by atoms with Crippen LogP contribution >= 0.6 is 0 Å². The summed E-state index contributed by atoms with van der Waals surface area (Å²) in [5.74, 6) is 5.18. The maximum Gasteiger partial charge on any atom is 0.410 e. The van der Waals surface area contributed by atoms with Crippen LogP contribution in [0.4, 0.5) is 26.7 Å². The topological polar surface area (TPSA) is 351 Å². The second-order valence-electron chi connectivity index (χ2n) is 26.9. The highest BCUT2D eigenvalue weighted by Gasteiger charge is 2.34. The third kappa shape index (κ3) is 23.1. The summed E-state index contributed by atoms with van der Waals surface area (Å²) in [6.45, 7) is 17.8. The maximum atomic E-state index is 12.7. The number of aromatic nitrogens is 9. The molecule has 107 heavy (non-hydrogen) atoms. The molecule has 6 aromatic heterocycles. The van der Waals surface area contributed by atoms with Crippen LogP contribution in [0.15, 0.2) is 147 Å². The van der Waals surface area contributed by atoms with E-state index in [1.807, 2.05) is 47.6 Å². The Kier molecular flexibility index (Phi) is 26.4. The fourth-order valence-electron chi connectivity index (χ4n) is 11.3. The lowest BCUT2D eigenvalue weighted by Crippen LogP contribution is -2.42. The number of amides is 2. The van der Waals surface area contributed by atoms with Crippen molar-refractivity contribution in [3.05, 3.63) is 147 Å². The van der Waals surface area contributed by atoms with Crippen LogP contribution in [0.2, 0.25) is 0 Å². The molecule has 9 heterocycles. The van der Waals surface area contributed by atoms with Crippen molar-refractivity contribution in [1.82, 2.24) is 60.0 Å². The molecule has 3 aliphatic heterocycles. The largest absolute Gasteiger partial charge is 0.508 e. The molecule has 0 spiro atoms. The van der Waals surface area contributed by atoms with Crippen molar-refractivity contribution in [2.24, 2.45) is 0 Å². The summed E-state index contributed by atoms with van der Waals surface area (Å²) in [6, 6.07) is 25.6. The Hall–Kier alpha value is -12.2. The van der Waals surface area contributed by atoms with Crippen LogP contribution in [-0.4, -0.2) is 174 Å². The summed E-state index contributed by atoms with van der Waals surface area (Å²) >= 11 is 0. The third-order valence-corrected chi connectivity index (χ3v) is 16.2. The van der Waals surface area contributed by atoms with Gasteiger partial charge in [0, 0.05) is 106 Å². The fourth-order valence-corrected chi connectivity index (χ4v) is 11.3. The number of phenolic OH excluding ortho intramolecular Hbond substituents is 1. The molecule has 30 heteroatoms. The summed E-state index contributed by atoms with van der Waals surface area (Å²) in [4.78, 5) is 91.5. The number of ether oxygens (including phenoxy) is 10. The number of nitrogens with one attached hydrogen (secondary N) is 4. The van der Waals surface area contributed by atoms with Gasteiger partial charge in [0.15, 0.2) is 17.5 Å². The number of phenols is 1. The van der Waals surface area contributed by atoms with Crippen LogP contribution in [-0.2, 0) is 19.1 Å². The van der Waals surface area contributed by atoms with Crippen LogP contribution in [0, 0.1) is 0 Å². The average Bonchev–Trinajstić information content (AvgIpc) is 0.878. The van der Waals surface area contributed by atoms with E-state index in [2.05, 4.69) is 66.1 Å². The van der Waals surface area contributed by atoms with E-state index in [0.717, 1.165) is 51.6 Å². The highest BCUT2D eigenvalue weighted by atomic mass is 16.6. The Bertz CT molecular complexity index is 4520. The Morgan fingerprint density at radius 1 is 0.467 bits per heavy atom. The zero-order valence-corrected chi connectivity index (χ0v) is 61.7. The summed E-state index contributed by atoms with van der Waals surface area (Å²) in [5, 5.41) is 23.4. The normalized spacial score (nSPS) is 15.2. The smallest absolute Gasteiger partial charge is 0.410 e. The van der Waals surface area contributed by atoms with E-state index < -0.39 is 23.1 Å². The molecule has 0 bridgehead atoms. The summed E-state index contributed by atoms with van der Waals surface area (Å²) in [5.41, 5.74) is 2.62. The number of pyridine rings is 3. The van der Waals surface area contributed by atoms with E-state index in [1.54, 1.807) is 166 Å². The van der Waals surface area contributed by atoms with Gasteiger partial charge in [-0.1, -0.05) is 18.2 Å². The van der Waals surface area contributed by atoms with Gasteiger partial charge in [-0.05, 0) is 141 Å². The predicted octanol–water partition coefficient (Wildman–Crippen LogP) is 13.4. The molecule has 0 saturated carbocycles. The Labute approximate surface area is 620 Å². The number of nitrogens with zero attached hydrogens (tertiary/aromatic N) is 11. The Balaban J connectivity index is 0.000000172. The maximum absolute atomic E-state index is 12.7. The van der Waals surface area contributed by atoms with Gasteiger partial charge in [-0.3, -0.25) is 24.5 Å². The number of hydrogen-bond donors (Lipinski definition) is 5. The van der Waals surface area contributed by atoms with Crippen molar-refractivity contribution in [3.63, 3.8) is 0 Å². The van der Waals surface area contributed by atoms with Gasteiger partial charge in [0.2, 0.25) is 17.6 Å². The highest BCUT2D eigenvalue weighted by molar-refractivity contribution is 5.72. The molecular weight excluding hydrogens is 1370 g/mol. The monoisotopic (exact) mass is 1460 g/mol. The number of carbonyl (C=O) groups excluding carboxylic acids is 4. The van der Waals surface area contributed by atoms with Crippen molar-refractivity contribution in [1.29, 1.82) is 0 Å². The molecule has 2 amide bonds. The highest BCUT2D eigenvalue weighted by Crippen LogP contribution is 2.37. The molecule has 3 aliphatic rings. The Morgan fingerprint density at radius 3 is 1.20 bits per heavy atom. The van der Waals surface area contributed by atoms with Gasteiger partial charge in [-0.2, -0.15) is 15.0 Å². The fraction of sp³-hybridized carbons (Fsp3) is 0.364. The van der Waals surface area contributed by atoms with Crippen molar-refractivity contribution in [3.8, 4) is 104 Å². The first kappa shape index (κ1) is 77.4.